The Morgan fingerprint density at radius 2 is 1.02 bits per heavy atom. The van der Waals surface area contributed by atoms with Crippen molar-refractivity contribution in [3.8, 4) is 44.9 Å². The molecule has 1 aliphatic heterocycles. The molecule has 1 heteroatoms. The molecule has 0 spiro atoms. The molecule has 43 heavy (non-hydrogen) atoms. The van der Waals surface area contributed by atoms with Gasteiger partial charge in [0.25, 0.3) is 0 Å². The Balaban J connectivity index is 1.45. The van der Waals surface area contributed by atoms with Gasteiger partial charge in [-0.2, -0.15) is 0 Å². The first-order valence-corrected chi connectivity index (χ1v) is 12.9. The summed E-state index contributed by atoms with van der Waals surface area (Å²) < 4.78 is 221. The maximum atomic E-state index is 9.83. The molecule has 1 aliphatic rings. The third-order valence-corrected chi connectivity index (χ3v) is 7.51. The zero-order valence-electron chi connectivity index (χ0n) is 45.4. The predicted octanol–water partition coefficient (Wildman–Crippen LogP) is 12.0. The van der Waals surface area contributed by atoms with Crippen LogP contribution in [0.5, 0.6) is 11.5 Å². The highest BCUT2D eigenvalue weighted by Gasteiger charge is 2.23. The summed E-state index contributed by atoms with van der Waals surface area (Å²) in [6.45, 7) is 0. The SMILES string of the molecule is [2H]c1c([2H])c([2H])c(-c2c([2H])c([2H])c3c([2H])c([2H])c4c(-c5c([2H])c([2H])c6c(c5[2H])-c5c([2H])c7c([2H])c([2H])c([2H])c([2H])c7c7c([2H])c([2H])c([2H])c(c57)O6)c([2H])c([2H])c5c([2H])c([2H])c2c3c54)c([2H])c1[2H]. The van der Waals surface area contributed by atoms with E-state index in [2.05, 4.69) is 0 Å². The lowest BCUT2D eigenvalue weighted by Gasteiger charge is -2.23. The quantitative estimate of drug-likeness (QED) is 0.188. The molecule has 198 valence electrons. The van der Waals surface area contributed by atoms with Gasteiger partial charge in [0, 0.05) is 10.9 Å². The summed E-state index contributed by atoms with van der Waals surface area (Å²) in [6.07, 6.45) is 0. The molecular formula is C42H24O. The van der Waals surface area contributed by atoms with E-state index in [0.717, 1.165) is 0 Å². The minimum Gasteiger partial charge on any atom is -0.456 e. The minimum absolute atomic E-state index is 0.314. The van der Waals surface area contributed by atoms with Crippen LogP contribution < -0.4 is 4.74 Å². The first-order chi connectivity index (χ1) is 31.3. The predicted molar refractivity (Wildman–Crippen MR) is 182 cm³/mol. The summed E-state index contributed by atoms with van der Waals surface area (Å²) in [6, 6.07) is -19.1. The Kier molecular flexibility index (Phi) is 1.96. The van der Waals surface area contributed by atoms with E-state index in [1.165, 1.54) is 0 Å². The van der Waals surface area contributed by atoms with Crippen LogP contribution in [0, 0.1) is 0 Å². The topological polar surface area (TPSA) is 9.23 Å². The molecule has 0 aliphatic carbocycles. The molecule has 9 aromatic carbocycles. The lowest BCUT2D eigenvalue weighted by molar-refractivity contribution is 0.487. The second-order valence-corrected chi connectivity index (χ2v) is 9.76. The van der Waals surface area contributed by atoms with Crippen molar-refractivity contribution in [3.05, 3.63) is 145 Å². The van der Waals surface area contributed by atoms with Crippen LogP contribution in [-0.4, -0.2) is 0 Å². The van der Waals surface area contributed by atoms with E-state index in [-0.39, 0.29) is 26.9 Å². The molecule has 0 fully saturated rings. The van der Waals surface area contributed by atoms with Gasteiger partial charge in [-0.1, -0.05) is 121 Å². The third kappa shape index (κ3) is 3.17. The fraction of sp³-hybridized carbons (Fsp3) is 0. The van der Waals surface area contributed by atoms with Crippen molar-refractivity contribution in [1.82, 2.24) is 0 Å². The molecule has 0 N–H and O–H groups in total. The van der Waals surface area contributed by atoms with Crippen LogP contribution in [-0.2, 0) is 0 Å². The molecule has 0 saturated carbocycles. The summed E-state index contributed by atoms with van der Waals surface area (Å²) in [7, 11) is 0. The van der Waals surface area contributed by atoms with Gasteiger partial charge in [-0.05, 0) is 100 Å². The van der Waals surface area contributed by atoms with E-state index in [1.54, 1.807) is 0 Å². The van der Waals surface area contributed by atoms with Gasteiger partial charge in [0.05, 0.1) is 32.9 Å². The molecule has 10 rings (SSSR count). The molecule has 0 bridgehead atoms. The average Bonchev–Trinajstić information content (AvgIpc) is 3.29. The first kappa shape index (κ1) is 9.97. The van der Waals surface area contributed by atoms with Crippen molar-refractivity contribution in [3.63, 3.8) is 0 Å². The Labute approximate surface area is 282 Å². The Hall–Kier alpha value is -5.66. The van der Waals surface area contributed by atoms with E-state index in [9.17, 15) is 13.7 Å². The molecule has 1 heterocycles. The molecule has 0 amide bonds. The van der Waals surface area contributed by atoms with Crippen LogP contribution >= 0.6 is 0 Å². The lowest BCUT2D eigenvalue weighted by Crippen LogP contribution is -1.98. The van der Waals surface area contributed by atoms with Crippen LogP contribution in [0.15, 0.2) is 145 Å². The van der Waals surface area contributed by atoms with Crippen molar-refractivity contribution in [2.75, 3.05) is 0 Å². The third-order valence-electron chi connectivity index (χ3n) is 7.51. The van der Waals surface area contributed by atoms with Crippen LogP contribution in [0.2, 0.25) is 0 Å². The van der Waals surface area contributed by atoms with E-state index in [1.807, 2.05) is 0 Å². The molecule has 0 radical (unpaired) electrons. The first-order valence-electron chi connectivity index (χ1n) is 24.9. The Bertz CT molecular complexity index is 3910. The van der Waals surface area contributed by atoms with Crippen LogP contribution in [0.1, 0.15) is 32.9 Å². The van der Waals surface area contributed by atoms with Crippen molar-refractivity contribution in [2.45, 2.75) is 0 Å². The minimum atomic E-state index is -0.900. The Morgan fingerprint density at radius 3 is 1.81 bits per heavy atom. The maximum Gasteiger partial charge on any atom is 0.135 e. The van der Waals surface area contributed by atoms with Gasteiger partial charge >= 0.3 is 0 Å². The van der Waals surface area contributed by atoms with Crippen LogP contribution in [0.25, 0.3) is 87.2 Å². The van der Waals surface area contributed by atoms with Gasteiger partial charge in [0.1, 0.15) is 11.5 Å². The second kappa shape index (κ2) is 8.44. The maximum absolute atomic E-state index is 9.83. The highest BCUT2D eigenvalue weighted by molar-refractivity contribution is 6.27. The lowest BCUT2D eigenvalue weighted by atomic mass is 9.86. The summed E-state index contributed by atoms with van der Waals surface area (Å²) in [5.74, 6) is -1.15. The van der Waals surface area contributed by atoms with Crippen molar-refractivity contribution in [2.24, 2.45) is 0 Å². The molecule has 0 unspecified atom stereocenters. The van der Waals surface area contributed by atoms with Crippen LogP contribution in [0.4, 0.5) is 0 Å². The van der Waals surface area contributed by atoms with Gasteiger partial charge in [-0.25, -0.2) is 0 Å². The number of hydrogen-bond donors (Lipinski definition) is 0. The standard InChI is InChI=1S/C42H24O/c1-2-7-25(8-3-1)31-18-13-26-16-21-35-32(19-14-27-15-20-34(31)40(26)41(27)35)29-17-22-38-36(23-29)37-24-28-9-4-5-10-30(28)33-11-6-12-39(43-38)42(33)37/h1-24H/i1D,2D,3D,4D,5D,6D,7D,8D,9D,10D,11D,12D,13D,14D,15D,16D,17D,18D,19D,20D,21D,22D,23D,24D. The number of fused-ring (bicyclic) bond motifs is 4. The van der Waals surface area contributed by atoms with Gasteiger partial charge in [-0.3, -0.25) is 0 Å². The molecule has 0 aromatic heterocycles. The normalized spacial score (nSPS) is 20.2. The van der Waals surface area contributed by atoms with Gasteiger partial charge in [-0.15, -0.1) is 0 Å². The van der Waals surface area contributed by atoms with E-state index in [0.29, 0.717) is 0 Å². The molecule has 1 nitrogen and oxygen atoms in total. The zero-order chi connectivity index (χ0) is 49.0. The van der Waals surface area contributed by atoms with E-state index in [4.69, 9.17) is 23.9 Å². The number of hydrogen-bond acceptors (Lipinski definition) is 1. The summed E-state index contributed by atoms with van der Waals surface area (Å²) in [5.41, 5.74) is -3.44. The smallest absolute Gasteiger partial charge is 0.135 e. The summed E-state index contributed by atoms with van der Waals surface area (Å²) in [4.78, 5) is 0. The average molecular weight is 569 g/mol. The second-order valence-electron chi connectivity index (χ2n) is 9.76. The van der Waals surface area contributed by atoms with Crippen molar-refractivity contribution >= 4 is 53.9 Å². The Morgan fingerprint density at radius 1 is 0.349 bits per heavy atom. The molecule has 0 atom stereocenters. The highest BCUT2D eigenvalue weighted by Crippen LogP contribution is 2.50. The molecular weight excluding hydrogens is 520 g/mol. The van der Waals surface area contributed by atoms with Crippen molar-refractivity contribution in [1.29, 1.82) is 0 Å². The van der Waals surface area contributed by atoms with Gasteiger partial charge < -0.3 is 4.74 Å². The van der Waals surface area contributed by atoms with Gasteiger partial charge in [0.2, 0.25) is 0 Å². The summed E-state index contributed by atoms with van der Waals surface area (Å²) in [5, 5.41) is -4.16. The van der Waals surface area contributed by atoms with E-state index < -0.39 is 217 Å². The summed E-state index contributed by atoms with van der Waals surface area (Å²) >= 11 is 0. The largest absolute Gasteiger partial charge is 0.456 e. The molecule has 0 saturated heterocycles. The van der Waals surface area contributed by atoms with Crippen molar-refractivity contribution < 1.29 is 37.6 Å². The fourth-order valence-corrected chi connectivity index (χ4v) is 5.67. The molecule has 9 aromatic rings. The monoisotopic (exact) mass is 568 g/mol. The number of ether oxygens (including phenoxy) is 1. The fourth-order valence-electron chi connectivity index (χ4n) is 5.67. The number of rotatable bonds is 2. The van der Waals surface area contributed by atoms with Gasteiger partial charge in [0.15, 0.2) is 0 Å². The van der Waals surface area contributed by atoms with Crippen LogP contribution in [0.3, 0.4) is 0 Å². The number of benzene rings is 9. The highest BCUT2D eigenvalue weighted by atomic mass is 16.5. The zero-order valence-corrected chi connectivity index (χ0v) is 21.4. The van der Waals surface area contributed by atoms with E-state index >= 15 is 0 Å².